The molecule has 2 heterocycles. The van der Waals surface area contributed by atoms with Crippen molar-refractivity contribution in [1.82, 2.24) is 19.7 Å². The second-order valence-electron chi connectivity index (χ2n) is 7.75. The fourth-order valence-corrected chi connectivity index (χ4v) is 5.66. The quantitative estimate of drug-likeness (QED) is 0.649. The standard InChI is InChI=1S/C20H25N5OS2/c1-14(18(26)24(2)20(13-21)10-4-3-5-11-20)28-19-23-22-17(16-7-6-12-27-16)25(19)15-8-9-15/h6-7,12,14-15H,3-5,8-11H2,1-2H3. The average Bonchev–Trinajstić information content (AvgIpc) is 3.25. The van der Waals surface area contributed by atoms with Crippen LogP contribution in [0.15, 0.2) is 22.7 Å². The first-order valence-corrected chi connectivity index (χ1v) is 11.7. The lowest BCUT2D eigenvalue weighted by Crippen LogP contribution is -2.52. The Morgan fingerprint density at radius 3 is 2.75 bits per heavy atom. The Labute approximate surface area is 173 Å². The zero-order valence-electron chi connectivity index (χ0n) is 16.3. The van der Waals surface area contributed by atoms with Crippen LogP contribution in [0.3, 0.4) is 0 Å². The van der Waals surface area contributed by atoms with Crippen molar-refractivity contribution in [3.8, 4) is 16.8 Å². The van der Waals surface area contributed by atoms with Gasteiger partial charge in [0, 0.05) is 13.1 Å². The molecule has 4 rings (SSSR count). The third kappa shape index (κ3) is 3.58. The van der Waals surface area contributed by atoms with Crippen LogP contribution in [0, 0.1) is 11.3 Å². The van der Waals surface area contributed by atoms with Gasteiger partial charge < -0.3 is 4.90 Å². The minimum Gasteiger partial charge on any atom is -0.326 e. The monoisotopic (exact) mass is 415 g/mol. The van der Waals surface area contributed by atoms with Gasteiger partial charge in [0.25, 0.3) is 0 Å². The Bertz CT molecular complexity index is 875. The maximum Gasteiger partial charge on any atom is 0.236 e. The van der Waals surface area contributed by atoms with Crippen molar-refractivity contribution in [3.05, 3.63) is 17.5 Å². The lowest BCUT2D eigenvalue weighted by atomic mass is 9.81. The van der Waals surface area contributed by atoms with Gasteiger partial charge in [-0.3, -0.25) is 9.36 Å². The highest BCUT2D eigenvalue weighted by Gasteiger charge is 2.41. The van der Waals surface area contributed by atoms with Gasteiger partial charge in [-0.1, -0.05) is 37.1 Å². The molecule has 28 heavy (non-hydrogen) atoms. The molecule has 8 heteroatoms. The van der Waals surface area contributed by atoms with Gasteiger partial charge in [-0.15, -0.1) is 21.5 Å². The molecular weight excluding hydrogens is 390 g/mol. The van der Waals surface area contributed by atoms with Gasteiger partial charge in [0.15, 0.2) is 11.0 Å². The van der Waals surface area contributed by atoms with E-state index in [1.54, 1.807) is 23.3 Å². The Kier molecular flexibility index (Phi) is 5.48. The molecule has 1 atom stereocenters. The summed E-state index contributed by atoms with van der Waals surface area (Å²) in [6.07, 6.45) is 6.95. The van der Waals surface area contributed by atoms with Gasteiger partial charge in [0.05, 0.1) is 16.2 Å². The summed E-state index contributed by atoms with van der Waals surface area (Å²) in [5.41, 5.74) is -0.656. The van der Waals surface area contributed by atoms with Gasteiger partial charge in [0.2, 0.25) is 5.91 Å². The zero-order chi connectivity index (χ0) is 19.7. The van der Waals surface area contributed by atoms with Crippen molar-refractivity contribution >= 4 is 29.0 Å². The molecule has 1 unspecified atom stereocenters. The predicted octanol–water partition coefficient (Wildman–Crippen LogP) is 4.51. The normalized spacial score (nSPS) is 19.8. The predicted molar refractivity (Wildman–Crippen MR) is 111 cm³/mol. The molecule has 0 bridgehead atoms. The number of nitriles is 1. The van der Waals surface area contributed by atoms with Crippen LogP contribution in [0.2, 0.25) is 0 Å². The minimum atomic E-state index is -0.656. The summed E-state index contributed by atoms with van der Waals surface area (Å²) in [7, 11) is 1.79. The number of hydrogen-bond donors (Lipinski definition) is 0. The SMILES string of the molecule is CC(Sc1nnc(-c2cccs2)n1C1CC1)C(=O)N(C)C1(C#N)CCCCC1. The summed E-state index contributed by atoms with van der Waals surface area (Å²) in [5, 5.41) is 21.2. The number of hydrogen-bond acceptors (Lipinski definition) is 6. The van der Waals surface area contributed by atoms with Crippen LogP contribution in [0.25, 0.3) is 10.7 Å². The maximum atomic E-state index is 13.1. The molecule has 2 aromatic rings. The first kappa shape index (κ1) is 19.5. The smallest absolute Gasteiger partial charge is 0.236 e. The highest BCUT2D eigenvalue weighted by atomic mass is 32.2. The van der Waals surface area contributed by atoms with Crippen LogP contribution in [0.1, 0.15) is 57.9 Å². The van der Waals surface area contributed by atoms with Crippen molar-refractivity contribution in [2.75, 3.05) is 7.05 Å². The van der Waals surface area contributed by atoms with E-state index in [0.29, 0.717) is 6.04 Å². The first-order chi connectivity index (χ1) is 13.6. The Balaban J connectivity index is 1.53. The lowest BCUT2D eigenvalue weighted by molar-refractivity contribution is -0.133. The fraction of sp³-hybridized carbons (Fsp3) is 0.600. The number of carbonyl (C=O) groups is 1. The number of nitrogens with zero attached hydrogens (tertiary/aromatic N) is 5. The highest BCUT2D eigenvalue weighted by molar-refractivity contribution is 8.00. The first-order valence-electron chi connectivity index (χ1n) is 9.90. The van der Waals surface area contributed by atoms with Gasteiger partial charge in [0.1, 0.15) is 5.54 Å². The number of aromatic nitrogens is 3. The molecule has 2 saturated carbocycles. The van der Waals surface area contributed by atoms with E-state index in [1.807, 2.05) is 18.4 Å². The molecule has 0 radical (unpaired) electrons. The Hall–Kier alpha value is -1.85. The summed E-state index contributed by atoms with van der Waals surface area (Å²) in [4.78, 5) is 15.9. The van der Waals surface area contributed by atoms with E-state index in [1.165, 1.54) is 11.8 Å². The van der Waals surface area contributed by atoms with Crippen molar-refractivity contribution in [2.24, 2.45) is 0 Å². The molecule has 148 valence electrons. The molecule has 2 fully saturated rings. The van der Waals surface area contributed by atoms with E-state index in [-0.39, 0.29) is 11.2 Å². The number of carbonyl (C=O) groups excluding carboxylic acids is 1. The molecule has 2 aliphatic carbocycles. The second-order valence-corrected chi connectivity index (χ2v) is 10.0. The largest absolute Gasteiger partial charge is 0.326 e. The molecule has 6 nitrogen and oxygen atoms in total. The molecule has 0 aromatic carbocycles. The summed E-state index contributed by atoms with van der Waals surface area (Å²) in [6.45, 7) is 1.91. The molecule has 0 aliphatic heterocycles. The van der Waals surface area contributed by atoms with Gasteiger partial charge in [-0.05, 0) is 44.1 Å². The van der Waals surface area contributed by atoms with Gasteiger partial charge >= 0.3 is 0 Å². The van der Waals surface area contributed by atoms with E-state index in [0.717, 1.165) is 60.8 Å². The van der Waals surface area contributed by atoms with E-state index in [2.05, 4.69) is 26.9 Å². The summed E-state index contributed by atoms with van der Waals surface area (Å²) < 4.78 is 2.20. The number of rotatable bonds is 6. The molecule has 0 N–H and O–H groups in total. The van der Waals surface area contributed by atoms with Crippen molar-refractivity contribution in [2.45, 2.75) is 73.9 Å². The lowest BCUT2D eigenvalue weighted by Gasteiger charge is -2.40. The van der Waals surface area contributed by atoms with Crippen LogP contribution < -0.4 is 0 Å². The Morgan fingerprint density at radius 1 is 1.39 bits per heavy atom. The van der Waals surface area contributed by atoms with Gasteiger partial charge in [-0.25, -0.2) is 0 Å². The molecule has 2 aliphatic rings. The van der Waals surface area contributed by atoms with E-state index in [9.17, 15) is 10.1 Å². The van der Waals surface area contributed by atoms with Gasteiger partial charge in [-0.2, -0.15) is 5.26 Å². The molecule has 2 aromatic heterocycles. The maximum absolute atomic E-state index is 13.1. The molecule has 0 saturated heterocycles. The number of thiophene rings is 1. The second kappa shape index (κ2) is 7.88. The number of thioether (sulfide) groups is 1. The van der Waals surface area contributed by atoms with Crippen molar-refractivity contribution in [1.29, 1.82) is 5.26 Å². The average molecular weight is 416 g/mol. The summed E-state index contributed by atoms with van der Waals surface area (Å²) >= 11 is 3.12. The number of amides is 1. The van der Waals surface area contributed by atoms with E-state index >= 15 is 0 Å². The van der Waals surface area contributed by atoms with Crippen LogP contribution in [-0.2, 0) is 4.79 Å². The third-order valence-corrected chi connectivity index (χ3v) is 7.72. The summed E-state index contributed by atoms with van der Waals surface area (Å²) in [5.74, 6) is 0.894. The highest BCUT2D eigenvalue weighted by Crippen LogP contribution is 2.43. The topological polar surface area (TPSA) is 74.8 Å². The molecule has 1 amide bonds. The zero-order valence-corrected chi connectivity index (χ0v) is 17.9. The minimum absolute atomic E-state index is 0.00327. The van der Waals surface area contributed by atoms with Crippen LogP contribution in [0.5, 0.6) is 0 Å². The van der Waals surface area contributed by atoms with Crippen LogP contribution >= 0.6 is 23.1 Å². The Morgan fingerprint density at radius 2 is 2.14 bits per heavy atom. The van der Waals surface area contributed by atoms with Crippen molar-refractivity contribution in [3.63, 3.8) is 0 Å². The molecular formula is C20H25N5OS2. The van der Waals surface area contributed by atoms with Crippen LogP contribution in [-0.4, -0.2) is 43.4 Å². The van der Waals surface area contributed by atoms with Crippen LogP contribution in [0.4, 0.5) is 0 Å². The van der Waals surface area contributed by atoms with E-state index in [4.69, 9.17) is 0 Å². The summed E-state index contributed by atoms with van der Waals surface area (Å²) in [6, 6.07) is 6.95. The molecule has 0 spiro atoms. The van der Waals surface area contributed by atoms with Crippen molar-refractivity contribution < 1.29 is 4.79 Å². The fourth-order valence-electron chi connectivity index (χ4n) is 3.94. The van der Waals surface area contributed by atoms with E-state index < -0.39 is 5.54 Å². The third-order valence-electron chi connectivity index (χ3n) is 5.81.